The number of hydrogen-bond donors (Lipinski definition) is 1. The van der Waals surface area contributed by atoms with Gasteiger partial charge in [0.05, 0.1) is 13.7 Å². The molecule has 2 aliphatic rings. The molecule has 1 fully saturated rings. The van der Waals surface area contributed by atoms with E-state index in [1.54, 1.807) is 7.11 Å². The summed E-state index contributed by atoms with van der Waals surface area (Å²) in [5.41, 5.74) is 3.92. The van der Waals surface area contributed by atoms with Crippen molar-refractivity contribution in [3.05, 3.63) is 65.0 Å². The lowest BCUT2D eigenvalue weighted by Gasteiger charge is -2.58. The lowest BCUT2D eigenvalue weighted by Crippen LogP contribution is -2.67. The second-order valence-electron chi connectivity index (χ2n) is 9.02. The molecule has 4 nitrogen and oxygen atoms in total. The molecule has 5 heteroatoms. The molecular weight excluding hydrogens is 379 g/mol. The van der Waals surface area contributed by atoms with Gasteiger partial charge in [-0.25, -0.2) is 4.39 Å². The van der Waals surface area contributed by atoms with Crippen molar-refractivity contribution in [3.63, 3.8) is 0 Å². The van der Waals surface area contributed by atoms with E-state index in [9.17, 15) is 9.50 Å². The Balaban J connectivity index is 1.67. The van der Waals surface area contributed by atoms with Gasteiger partial charge in [0.25, 0.3) is 0 Å². The molecule has 0 aromatic heterocycles. The number of rotatable bonds is 7. The maximum absolute atomic E-state index is 13.3. The van der Waals surface area contributed by atoms with Crippen LogP contribution in [0.2, 0.25) is 0 Å². The van der Waals surface area contributed by atoms with Crippen molar-refractivity contribution < 1.29 is 14.2 Å². The van der Waals surface area contributed by atoms with E-state index in [1.807, 2.05) is 12.1 Å². The molecule has 0 radical (unpaired) electrons. The first-order valence-corrected chi connectivity index (χ1v) is 10.9. The molecule has 4 rings (SSSR count). The molecule has 0 amide bonds. The average molecular weight is 413 g/mol. The van der Waals surface area contributed by atoms with Gasteiger partial charge in [0.2, 0.25) is 0 Å². The number of nitrogens with zero attached hydrogens (tertiary/aromatic N) is 2. The quantitative estimate of drug-likeness (QED) is 0.757. The van der Waals surface area contributed by atoms with E-state index in [1.165, 1.54) is 23.3 Å². The van der Waals surface area contributed by atoms with Gasteiger partial charge >= 0.3 is 0 Å². The molecule has 2 bridgehead atoms. The Kier molecular flexibility index (Phi) is 6.14. The Bertz CT molecular complexity index is 872. The summed E-state index contributed by atoms with van der Waals surface area (Å²) in [4.78, 5) is 4.95. The number of methoxy groups -OCH3 is 1. The van der Waals surface area contributed by atoms with Crippen molar-refractivity contribution in [2.75, 3.05) is 40.4 Å². The summed E-state index contributed by atoms with van der Waals surface area (Å²) in [6.07, 6.45) is 2.92. The number of ether oxygens (including phenoxy) is 1. The van der Waals surface area contributed by atoms with Gasteiger partial charge in [-0.1, -0.05) is 25.1 Å². The number of fused-ring (bicyclic) bond motifs is 4. The summed E-state index contributed by atoms with van der Waals surface area (Å²) in [6, 6.07) is 14.0. The van der Waals surface area contributed by atoms with Crippen LogP contribution in [0.3, 0.4) is 0 Å². The van der Waals surface area contributed by atoms with E-state index in [0.717, 1.165) is 43.7 Å². The predicted molar refractivity (Wildman–Crippen MR) is 118 cm³/mol. The highest BCUT2D eigenvalue weighted by Crippen LogP contribution is 2.47. The number of likely N-dealkylation sites (N-methyl/N-ethyl adjacent to an activating group) is 1. The first-order valence-electron chi connectivity index (χ1n) is 10.9. The second kappa shape index (κ2) is 8.66. The molecule has 2 aromatic rings. The number of hydrogen-bond acceptors (Lipinski definition) is 4. The van der Waals surface area contributed by atoms with Gasteiger partial charge in [-0.3, -0.25) is 4.90 Å². The number of piperidine rings is 1. The summed E-state index contributed by atoms with van der Waals surface area (Å²) in [6.45, 7) is 5.08. The van der Waals surface area contributed by atoms with Gasteiger partial charge in [0.15, 0.2) is 0 Å². The summed E-state index contributed by atoms with van der Waals surface area (Å²) in [7, 11) is 3.95. The van der Waals surface area contributed by atoms with Crippen LogP contribution in [0.15, 0.2) is 42.5 Å². The SMILES string of the molecule is COc1ccc2c(c1)[C@]1(C)CCN(C)[C@H](C2)[C@H]1N(CCO)CCc1ccc(F)cc1. The summed E-state index contributed by atoms with van der Waals surface area (Å²) < 4.78 is 18.8. The summed E-state index contributed by atoms with van der Waals surface area (Å²) >= 11 is 0. The maximum Gasteiger partial charge on any atom is 0.123 e. The van der Waals surface area contributed by atoms with Gasteiger partial charge in [0, 0.05) is 30.6 Å². The standard InChI is InChI=1S/C25H33FN2O2/c1-25-11-13-27(2)23(16-19-6-9-21(30-3)17-22(19)25)24(25)28(14-15-29)12-10-18-4-7-20(26)8-5-18/h4-9,17,23-24,29H,10-16H2,1-3H3/t23-,24-,25+/m1/s1. The number of aliphatic hydroxyl groups excluding tert-OH is 1. The molecule has 1 N–H and O–H groups in total. The van der Waals surface area contributed by atoms with Gasteiger partial charge in [-0.05, 0) is 73.8 Å². The molecule has 162 valence electrons. The molecule has 0 spiro atoms. The van der Waals surface area contributed by atoms with E-state index in [2.05, 4.69) is 42.0 Å². The van der Waals surface area contributed by atoms with E-state index >= 15 is 0 Å². The lowest BCUT2D eigenvalue weighted by molar-refractivity contribution is -0.0149. The topological polar surface area (TPSA) is 35.9 Å². The lowest BCUT2D eigenvalue weighted by atomic mass is 9.61. The minimum absolute atomic E-state index is 0.00271. The van der Waals surface area contributed by atoms with Crippen LogP contribution in [0.1, 0.15) is 30.0 Å². The van der Waals surface area contributed by atoms with Crippen molar-refractivity contribution in [2.45, 2.75) is 43.7 Å². The van der Waals surface area contributed by atoms with Crippen LogP contribution < -0.4 is 4.74 Å². The molecule has 1 heterocycles. The van der Waals surface area contributed by atoms with Crippen molar-refractivity contribution >= 4 is 0 Å². The van der Waals surface area contributed by atoms with Crippen LogP contribution in [-0.4, -0.2) is 67.4 Å². The zero-order chi connectivity index (χ0) is 21.3. The van der Waals surface area contributed by atoms with Crippen LogP contribution in [0.5, 0.6) is 5.75 Å². The minimum Gasteiger partial charge on any atom is -0.497 e. The number of halogens is 1. The van der Waals surface area contributed by atoms with E-state index in [0.29, 0.717) is 18.6 Å². The second-order valence-corrected chi connectivity index (χ2v) is 9.02. The Morgan fingerprint density at radius 1 is 1.20 bits per heavy atom. The normalized spacial score (nSPS) is 25.9. The van der Waals surface area contributed by atoms with Gasteiger partial charge < -0.3 is 14.7 Å². The summed E-state index contributed by atoms with van der Waals surface area (Å²) in [5, 5.41) is 9.87. The minimum atomic E-state index is -0.201. The van der Waals surface area contributed by atoms with Gasteiger partial charge in [0.1, 0.15) is 11.6 Å². The van der Waals surface area contributed by atoms with Crippen molar-refractivity contribution in [3.8, 4) is 5.75 Å². The van der Waals surface area contributed by atoms with E-state index in [-0.39, 0.29) is 17.8 Å². The Morgan fingerprint density at radius 2 is 1.97 bits per heavy atom. The van der Waals surface area contributed by atoms with Crippen molar-refractivity contribution in [2.24, 2.45) is 0 Å². The smallest absolute Gasteiger partial charge is 0.123 e. The molecular formula is C25H33FN2O2. The van der Waals surface area contributed by atoms with E-state index < -0.39 is 0 Å². The van der Waals surface area contributed by atoms with E-state index in [4.69, 9.17) is 4.74 Å². The van der Waals surface area contributed by atoms with Crippen LogP contribution in [0, 0.1) is 5.82 Å². The fraction of sp³-hybridized carbons (Fsp3) is 0.520. The molecule has 2 aromatic carbocycles. The third-order valence-electron chi connectivity index (χ3n) is 7.31. The van der Waals surface area contributed by atoms with Crippen LogP contribution in [0.4, 0.5) is 4.39 Å². The fourth-order valence-corrected chi connectivity index (χ4v) is 5.66. The van der Waals surface area contributed by atoms with Crippen LogP contribution in [0.25, 0.3) is 0 Å². The largest absolute Gasteiger partial charge is 0.497 e. The molecule has 1 saturated heterocycles. The van der Waals surface area contributed by atoms with Crippen molar-refractivity contribution in [1.82, 2.24) is 9.80 Å². The van der Waals surface area contributed by atoms with Gasteiger partial charge in [-0.15, -0.1) is 0 Å². The predicted octanol–water partition coefficient (Wildman–Crippen LogP) is 3.26. The zero-order valence-corrected chi connectivity index (χ0v) is 18.3. The first-order chi connectivity index (χ1) is 14.5. The Labute approximate surface area is 179 Å². The molecule has 30 heavy (non-hydrogen) atoms. The van der Waals surface area contributed by atoms with Crippen LogP contribution >= 0.6 is 0 Å². The first kappa shape index (κ1) is 21.3. The zero-order valence-electron chi connectivity index (χ0n) is 18.3. The molecule has 0 unspecified atom stereocenters. The highest BCUT2D eigenvalue weighted by molar-refractivity contribution is 5.46. The third-order valence-corrected chi connectivity index (χ3v) is 7.31. The van der Waals surface area contributed by atoms with Gasteiger partial charge in [-0.2, -0.15) is 0 Å². The molecule has 1 aliphatic heterocycles. The highest BCUT2D eigenvalue weighted by atomic mass is 19.1. The number of likely N-dealkylation sites (tertiary alicyclic amines) is 1. The molecule has 3 atom stereocenters. The molecule has 1 aliphatic carbocycles. The Hall–Kier alpha value is -1.95. The summed E-state index contributed by atoms with van der Waals surface area (Å²) in [5.74, 6) is 0.707. The van der Waals surface area contributed by atoms with Crippen molar-refractivity contribution in [1.29, 1.82) is 0 Å². The fourth-order valence-electron chi connectivity index (χ4n) is 5.66. The maximum atomic E-state index is 13.3. The Morgan fingerprint density at radius 3 is 2.67 bits per heavy atom. The number of benzene rings is 2. The number of aliphatic hydroxyl groups is 1. The molecule has 0 saturated carbocycles. The average Bonchev–Trinajstić information content (AvgIpc) is 2.75. The monoisotopic (exact) mass is 412 g/mol. The third kappa shape index (κ3) is 3.86. The highest BCUT2D eigenvalue weighted by Gasteiger charge is 2.52. The van der Waals surface area contributed by atoms with Crippen LogP contribution in [-0.2, 0) is 18.3 Å².